The van der Waals surface area contributed by atoms with Crippen LogP contribution in [0.15, 0.2) is 34.9 Å². The van der Waals surface area contributed by atoms with Crippen molar-refractivity contribution in [1.82, 2.24) is 4.98 Å². The first kappa shape index (κ1) is 10.4. The second-order valence-electron chi connectivity index (χ2n) is 3.83. The van der Waals surface area contributed by atoms with Crippen LogP contribution in [0.25, 0.3) is 21.5 Å². The Balaban J connectivity index is 2.20. The minimum atomic E-state index is 0.904. The van der Waals surface area contributed by atoms with Gasteiger partial charge in [0.1, 0.15) is 21.9 Å². The first-order chi connectivity index (χ1) is 8.29. The van der Waals surface area contributed by atoms with Crippen molar-refractivity contribution in [3.63, 3.8) is 0 Å². The molecule has 0 radical (unpaired) electrons. The molecule has 86 valence electrons. The van der Waals surface area contributed by atoms with Gasteiger partial charge in [0.2, 0.25) is 0 Å². The van der Waals surface area contributed by atoms with Crippen LogP contribution in [0.2, 0.25) is 0 Å². The van der Waals surface area contributed by atoms with Crippen molar-refractivity contribution < 1.29 is 4.42 Å². The highest BCUT2D eigenvalue weighted by molar-refractivity contribution is 7.19. The summed E-state index contributed by atoms with van der Waals surface area (Å²) < 4.78 is 5.53. The first-order valence-corrected chi connectivity index (χ1v) is 6.23. The fraction of sp³-hybridized carbons (Fsp3) is 0.154. The number of furan rings is 1. The van der Waals surface area contributed by atoms with Crippen LogP contribution in [-0.4, -0.2) is 12.0 Å². The van der Waals surface area contributed by atoms with Crippen molar-refractivity contribution in [3.8, 4) is 10.6 Å². The van der Waals surface area contributed by atoms with Gasteiger partial charge in [0.25, 0.3) is 0 Å². The van der Waals surface area contributed by atoms with Crippen molar-refractivity contribution in [2.24, 2.45) is 0 Å². The van der Waals surface area contributed by atoms with Crippen LogP contribution in [0.3, 0.4) is 0 Å². The van der Waals surface area contributed by atoms with Gasteiger partial charge in [-0.15, -0.1) is 0 Å². The lowest BCUT2D eigenvalue weighted by molar-refractivity contribution is 0.617. The molecule has 3 aromatic rings. The van der Waals surface area contributed by atoms with Gasteiger partial charge in [0, 0.05) is 12.4 Å². The maximum absolute atomic E-state index is 5.53. The summed E-state index contributed by atoms with van der Waals surface area (Å²) in [6.07, 6.45) is 1.78. The second kappa shape index (κ2) is 3.89. The second-order valence-corrected chi connectivity index (χ2v) is 4.83. The van der Waals surface area contributed by atoms with Crippen molar-refractivity contribution >= 4 is 27.3 Å². The largest absolute Gasteiger partial charge is 0.464 e. The third-order valence-corrected chi connectivity index (χ3v) is 3.94. The molecule has 4 heteroatoms. The number of anilines is 1. The maximum Gasteiger partial charge on any atom is 0.134 e. The van der Waals surface area contributed by atoms with Crippen LogP contribution < -0.4 is 5.32 Å². The first-order valence-electron chi connectivity index (χ1n) is 5.41. The molecule has 3 nitrogen and oxygen atoms in total. The van der Waals surface area contributed by atoms with Gasteiger partial charge in [0.05, 0.1) is 11.3 Å². The zero-order valence-corrected chi connectivity index (χ0v) is 10.5. The molecule has 1 N–H and O–H groups in total. The maximum atomic E-state index is 5.53. The molecule has 0 unspecified atom stereocenters. The number of thiazole rings is 1. The summed E-state index contributed by atoms with van der Waals surface area (Å²) in [5.41, 5.74) is 2.99. The minimum Gasteiger partial charge on any atom is -0.464 e. The molecular weight excluding hydrogens is 232 g/mol. The molecule has 0 aliphatic heterocycles. The molecule has 0 fully saturated rings. The van der Waals surface area contributed by atoms with E-state index in [4.69, 9.17) is 4.42 Å². The number of aromatic nitrogens is 1. The van der Waals surface area contributed by atoms with E-state index in [2.05, 4.69) is 16.4 Å². The number of fused-ring (bicyclic) bond motifs is 1. The van der Waals surface area contributed by atoms with E-state index in [1.54, 1.807) is 17.6 Å². The van der Waals surface area contributed by atoms with E-state index in [1.807, 2.05) is 32.2 Å². The van der Waals surface area contributed by atoms with Crippen LogP contribution >= 0.6 is 11.3 Å². The number of nitrogens with zero attached hydrogens (tertiary/aromatic N) is 1. The Labute approximate surface area is 103 Å². The van der Waals surface area contributed by atoms with E-state index < -0.39 is 0 Å². The summed E-state index contributed by atoms with van der Waals surface area (Å²) in [4.78, 5) is 4.57. The van der Waals surface area contributed by atoms with Crippen LogP contribution in [-0.2, 0) is 0 Å². The topological polar surface area (TPSA) is 38.1 Å². The van der Waals surface area contributed by atoms with Gasteiger partial charge < -0.3 is 9.73 Å². The van der Waals surface area contributed by atoms with Gasteiger partial charge in [-0.25, -0.2) is 4.98 Å². The lowest BCUT2D eigenvalue weighted by Crippen LogP contribution is -1.85. The molecule has 2 heterocycles. The van der Waals surface area contributed by atoms with E-state index >= 15 is 0 Å². The molecule has 0 aliphatic carbocycles. The number of nitrogens with one attached hydrogen (secondary N) is 1. The van der Waals surface area contributed by atoms with Crippen molar-refractivity contribution in [1.29, 1.82) is 0 Å². The van der Waals surface area contributed by atoms with Crippen LogP contribution in [0.1, 0.15) is 5.69 Å². The molecule has 0 atom stereocenters. The Hall–Kier alpha value is -1.81. The Morgan fingerprint density at radius 2 is 2.12 bits per heavy atom. The highest BCUT2D eigenvalue weighted by atomic mass is 32.1. The summed E-state index contributed by atoms with van der Waals surface area (Å²) in [6, 6.07) is 8.02. The molecule has 0 aliphatic rings. The zero-order chi connectivity index (χ0) is 11.8. The van der Waals surface area contributed by atoms with E-state index in [0.29, 0.717) is 0 Å². The molecule has 3 rings (SSSR count). The third-order valence-electron chi connectivity index (χ3n) is 2.74. The van der Waals surface area contributed by atoms with Gasteiger partial charge >= 0.3 is 0 Å². The third kappa shape index (κ3) is 1.61. The van der Waals surface area contributed by atoms with Crippen LogP contribution in [0, 0.1) is 6.92 Å². The molecule has 0 bridgehead atoms. The highest BCUT2D eigenvalue weighted by Gasteiger charge is 2.13. The average molecular weight is 244 g/mol. The van der Waals surface area contributed by atoms with Gasteiger partial charge in [-0.1, -0.05) is 29.5 Å². The molecule has 1 aromatic carbocycles. The van der Waals surface area contributed by atoms with Crippen LogP contribution in [0.4, 0.5) is 5.00 Å². The predicted octanol–water partition coefficient (Wildman–Crippen LogP) is 3.91. The Bertz CT molecular complexity index is 669. The predicted molar refractivity (Wildman–Crippen MR) is 71.6 cm³/mol. The fourth-order valence-electron chi connectivity index (χ4n) is 1.89. The molecule has 17 heavy (non-hydrogen) atoms. The Morgan fingerprint density at radius 1 is 1.29 bits per heavy atom. The van der Waals surface area contributed by atoms with E-state index in [1.165, 1.54) is 0 Å². The minimum absolute atomic E-state index is 0.904. The lowest BCUT2D eigenvalue weighted by Gasteiger charge is -1.91. The fourth-order valence-corrected chi connectivity index (χ4v) is 2.83. The van der Waals surface area contributed by atoms with Crippen LogP contribution in [0.5, 0.6) is 0 Å². The van der Waals surface area contributed by atoms with E-state index in [9.17, 15) is 0 Å². The smallest absolute Gasteiger partial charge is 0.134 e. The van der Waals surface area contributed by atoms with E-state index in [-0.39, 0.29) is 0 Å². The summed E-state index contributed by atoms with van der Waals surface area (Å²) in [5, 5.41) is 6.36. The molecule has 2 aromatic heterocycles. The van der Waals surface area contributed by atoms with Crippen molar-refractivity contribution in [3.05, 3.63) is 36.2 Å². The number of aryl methyl sites for hydroxylation is 1. The van der Waals surface area contributed by atoms with Gasteiger partial charge in [-0.3, -0.25) is 0 Å². The number of hydrogen-bond acceptors (Lipinski definition) is 4. The summed E-state index contributed by atoms with van der Waals surface area (Å²) in [6.45, 7) is 2.01. The van der Waals surface area contributed by atoms with E-state index in [0.717, 1.165) is 32.2 Å². The molecule has 0 saturated carbocycles. The lowest BCUT2D eigenvalue weighted by atomic mass is 10.2. The number of rotatable bonds is 2. The Kier molecular flexibility index (Phi) is 2.37. The quantitative estimate of drug-likeness (QED) is 0.742. The van der Waals surface area contributed by atoms with Gasteiger partial charge in [-0.05, 0) is 13.0 Å². The molecular formula is C13H12N2OS. The number of para-hydroxylation sites is 1. The van der Waals surface area contributed by atoms with Crippen molar-refractivity contribution in [2.45, 2.75) is 6.92 Å². The normalized spacial score (nSPS) is 10.9. The summed E-state index contributed by atoms with van der Waals surface area (Å²) >= 11 is 1.65. The molecule has 0 amide bonds. The van der Waals surface area contributed by atoms with Gasteiger partial charge in [-0.2, -0.15) is 0 Å². The SMILES string of the molecule is CNc1sc(-c2coc3ccccc23)nc1C. The molecule has 0 saturated heterocycles. The monoisotopic (exact) mass is 244 g/mol. The molecule has 0 spiro atoms. The number of benzene rings is 1. The standard InChI is InChI=1S/C13H12N2OS/c1-8-12(14-2)17-13(15-8)10-7-16-11-6-4-3-5-9(10)11/h3-7,14H,1-2H3. The van der Waals surface area contributed by atoms with Gasteiger partial charge in [0.15, 0.2) is 0 Å². The Morgan fingerprint density at radius 3 is 2.88 bits per heavy atom. The summed E-state index contributed by atoms with van der Waals surface area (Å²) in [7, 11) is 1.91. The highest BCUT2D eigenvalue weighted by Crippen LogP contribution is 2.36. The summed E-state index contributed by atoms with van der Waals surface area (Å²) in [5.74, 6) is 0. The average Bonchev–Trinajstić information content (AvgIpc) is 2.92. The van der Waals surface area contributed by atoms with Crippen molar-refractivity contribution in [2.75, 3.05) is 12.4 Å². The number of hydrogen-bond donors (Lipinski definition) is 1. The zero-order valence-electron chi connectivity index (χ0n) is 9.65.